The molecule has 4 heterocycles. The fraction of sp³-hybridized carbons (Fsp3) is 0.730. The Bertz CT molecular complexity index is 1070. The molecule has 4 unspecified atom stereocenters. The van der Waals surface area contributed by atoms with Gasteiger partial charge in [-0.2, -0.15) is 0 Å². The Morgan fingerprint density at radius 1 is 0.698 bits per heavy atom. The molecule has 6 heteroatoms. The SMILES string of the molecule is C=NC1=C(/C(C)=C\C)C(C)(C(C)C)OC12CCCOC2.C=NC1=C(/C(C)=C\C)C(C)(C(C)C)OC12CCOC2.CC.CC. The highest BCUT2D eigenvalue weighted by atomic mass is 16.6. The first-order valence-electron chi connectivity index (χ1n) is 16.6. The lowest BCUT2D eigenvalue weighted by molar-refractivity contribution is -0.158. The van der Waals surface area contributed by atoms with Gasteiger partial charge in [-0.05, 0) is 90.8 Å². The van der Waals surface area contributed by atoms with E-state index in [-0.39, 0.29) is 16.8 Å². The van der Waals surface area contributed by atoms with Gasteiger partial charge in [0.1, 0.15) is 11.2 Å². The second kappa shape index (κ2) is 16.5. The number of ether oxygens (including phenoxy) is 4. The lowest BCUT2D eigenvalue weighted by atomic mass is 9.80. The lowest BCUT2D eigenvalue weighted by Gasteiger charge is -2.39. The monoisotopic (exact) mass is 600 g/mol. The molecule has 4 aliphatic rings. The highest BCUT2D eigenvalue weighted by Crippen LogP contribution is 2.53. The van der Waals surface area contributed by atoms with Crippen LogP contribution in [0.5, 0.6) is 0 Å². The number of hydrogen-bond acceptors (Lipinski definition) is 6. The average Bonchev–Trinajstić information content (AvgIpc) is 3.66. The zero-order valence-electron chi connectivity index (χ0n) is 30.2. The molecule has 0 aromatic heterocycles. The van der Waals surface area contributed by atoms with Crippen molar-refractivity contribution in [1.29, 1.82) is 0 Å². The van der Waals surface area contributed by atoms with Crippen molar-refractivity contribution in [3.05, 3.63) is 45.8 Å². The van der Waals surface area contributed by atoms with Gasteiger partial charge in [-0.3, -0.25) is 9.98 Å². The summed E-state index contributed by atoms with van der Waals surface area (Å²) in [6.07, 6.45) is 7.09. The van der Waals surface area contributed by atoms with E-state index in [1.54, 1.807) is 0 Å². The summed E-state index contributed by atoms with van der Waals surface area (Å²) in [5, 5.41) is 0. The van der Waals surface area contributed by atoms with Crippen LogP contribution in [0.1, 0.15) is 116 Å². The van der Waals surface area contributed by atoms with Crippen molar-refractivity contribution in [2.75, 3.05) is 26.4 Å². The van der Waals surface area contributed by atoms with Crippen molar-refractivity contribution >= 4 is 13.4 Å². The van der Waals surface area contributed by atoms with Crippen molar-refractivity contribution in [3.63, 3.8) is 0 Å². The maximum absolute atomic E-state index is 6.60. The van der Waals surface area contributed by atoms with Gasteiger partial charge in [0.25, 0.3) is 0 Å². The molecule has 2 fully saturated rings. The predicted molar refractivity (Wildman–Crippen MR) is 184 cm³/mol. The topological polar surface area (TPSA) is 61.6 Å². The van der Waals surface area contributed by atoms with Crippen LogP contribution in [0.15, 0.2) is 55.8 Å². The summed E-state index contributed by atoms with van der Waals surface area (Å²) in [6, 6.07) is 0. The summed E-state index contributed by atoms with van der Waals surface area (Å²) in [4.78, 5) is 8.71. The number of rotatable bonds is 6. The smallest absolute Gasteiger partial charge is 0.137 e. The maximum Gasteiger partial charge on any atom is 0.137 e. The quantitative estimate of drug-likeness (QED) is 0.285. The summed E-state index contributed by atoms with van der Waals surface area (Å²) in [7, 11) is 0. The van der Waals surface area contributed by atoms with E-state index >= 15 is 0 Å². The molecule has 0 aromatic carbocycles. The average molecular weight is 601 g/mol. The van der Waals surface area contributed by atoms with E-state index in [1.807, 2.05) is 27.7 Å². The minimum Gasteiger partial charge on any atom is -0.378 e. The van der Waals surface area contributed by atoms with Gasteiger partial charge in [-0.15, -0.1) is 0 Å². The summed E-state index contributed by atoms with van der Waals surface area (Å²) in [6.45, 7) is 39.8. The molecular formula is C37H64N2O4. The molecule has 246 valence electrons. The molecular weight excluding hydrogens is 536 g/mol. The van der Waals surface area contributed by atoms with Gasteiger partial charge in [0.05, 0.1) is 35.8 Å². The van der Waals surface area contributed by atoms with Gasteiger partial charge in [0.2, 0.25) is 0 Å². The third-order valence-electron chi connectivity index (χ3n) is 9.51. The van der Waals surface area contributed by atoms with E-state index in [0.29, 0.717) is 25.0 Å². The summed E-state index contributed by atoms with van der Waals surface area (Å²) in [5.41, 5.74) is 5.39. The third kappa shape index (κ3) is 7.35. The van der Waals surface area contributed by atoms with E-state index in [2.05, 4.69) is 105 Å². The molecule has 2 saturated heterocycles. The van der Waals surface area contributed by atoms with Gasteiger partial charge < -0.3 is 18.9 Å². The number of allylic oxidation sites excluding steroid dienone is 2. The highest BCUT2D eigenvalue weighted by molar-refractivity contribution is 5.52. The molecule has 4 aliphatic heterocycles. The fourth-order valence-electron chi connectivity index (χ4n) is 6.49. The molecule has 0 bridgehead atoms. The minimum atomic E-state index is -0.404. The van der Waals surface area contributed by atoms with Crippen LogP contribution in [0, 0.1) is 11.8 Å². The summed E-state index contributed by atoms with van der Waals surface area (Å²) < 4.78 is 24.4. The van der Waals surface area contributed by atoms with Crippen molar-refractivity contribution in [2.45, 2.75) is 139 Å². The van der Waals surface area contributed by atoms with Crippen LogP contribution in [0.4, 0.5) is 0 Å². The normalized spacial score (nSPS) is 32.5. The molecule has 0 radical (unpaired) electrons. The van der Waals surface area contributed by atoms with Crippen LogP contribution in [0.2, 0.25) is 0 Å². The molecule has 0 aromatic rings. The third-order valence-corrected chi connectivity index (χ3v) is 9.51. The number of aliphatic imine (C=N–C) groups is 2. The molecule has 4 rings (SSSR count). The van der Waals surface area contributed by atoms with Crippen LogP contribution in [0.25, 0.3) is 0 Å². The molecule has 0 saturated carbocycles. The van der Waals surface area contributed by atoms with Crippen LogP contribution >= 0.6 is 0 Å². The standard InChI is InChI=1S/C17H27NO2.C16H25NO2.2C2H6/c1-7-13(4)14-15(18-6)17(9-8-10-19-11-17)20-16(14,5)12(2)3;1-7-12(4)13-14(17-6)16(8-9-18-10-16)19-15(13,5)11(2)3;2*1-2/h7,12H,6,8-11H2,1-5H3;7,11H,6,8-10H2,1-5H3;2*1-2H3/b13-7-;12-7-;;. The Labute approximate surface area is 264 Å². The Kier molecular flexibility index (Phi) is 15.0. The second-order valence-electron chi connectivity index (χ2n) is 12.4. The minimum absolute atomic E-state index is 0.319. The zero-order chi connectivity index (χ0) is 33.2. The van der Waals surface area contributed by atoms with Gasteiger partial charge >= 0.3 is 0 Å². The Balaban J connectivity index is 0.000000386. The van der Waals surface area contributed by atoms with Crippen molar-refractivity contribution in [3.8, 4) is 0 Å². The maximum atomic E-state index is 6.60. The summed E-state index contributed by atoms with van der Waals surface area (Å²) >= 11 is 0. The molecule has 0 aliphatic carbocycles. The molecule has 6 nitrogen and oxygen atoms in total. The second-order valence-corrected chi connectivity index (χ2v) is 12.4. The number of nitrogens with zero attached hydrogens (tertiary/aromatic N) is 2. The van der Waals surface area contributed by atoms with E-state index < -0.39 is 5.60 Å². The van der Waals surface area contributed by atoms with Crippen molar-refractivity contribution in [1.82, 2.24) is 0 Å². The van der Waals surface area contributed by atoms with Crippen molar-refractivity contribution < 1.29 is 18.9 Å². The first-order chi connectivity index (χ1) is 20.3. The van der Waals surface area contributed by atoms with Gasteiger partial charge in [-0.25, -0.2) is 0 Å². The predicted octanol–water partition coefficient (Wildman–Crippen LogP) is 9.47. The van der Waals surface area contributed by atoms with E-state index in [0.717, 1.165) is 43.9 Å². The lowest BCUT2D eigenvalue weighted by Crippen LogP contribution is -2.45. The van der Waals surface area contributed by atoms with E-state index in [9.17, 15) is 0 Å². The highest BCUT2D eigenvalue weighted by Gasteiger charge is 2.57. The number of hydrogen-bond donors (Lipinski definition) is 0. The molecule has 0 N–H and O–H groups in total. The molecule has 2 spiro atoms. The molecule has 43 heavy (non-hydrogen) atoms. The van der Waals surface area contributed by atoms with Crippen LogP contribution in [-0.2, 0) is 18.9 Å². The van der Waals surface area contributed by atoms with Crippen LogP contribution < -0.4 is 0 Å². The molecule has 4 atom stereocenters. The van der Waals surface area contributed by atoms with Gasteiger partial charge in [0.15, 0.2) is 0 Å². The van der Waals surface area contributed by atoms with Crippen LogP contribution in [-0.4, -0.2) is 62.3 Å². The van der Waals surface area contributed by atoms with Crippen LogP contribution in [0.3, 0.4) is 0 Å². The first-order valence-corrected chi connectivity index (χ1v) is 16.6. The Morgan fingerprint density at radius 2 is 1.07 bits per heavy atom. The summed E-state index contributed by atoms with van der Waals surface area (Å²) in [5.74, 6) is 0.736. The Morgan fingerprint density at radius 3 is 1.35 bits per heavy atom. The molecule has 0 amide bonds. The Hall–Kier alpha value is -1.86. The van der Waals surface area contributed by atoms with Gasteiger partial charge in [-0.1, -0.05) is 67.5 Å². The largest absolute Gasteiger partial charge is 0.378 e. The van der Waals surface area contributed by atoms with E-state index in [4.69, 9.17) is 18.9 Å². The first kappa shape index (κ1) is 39.2. The zero-order valence-corrected chi connectivity index (χ0v) is 30.2. The van der Waals surface area contributed by atoms with E-state index in [1.165, 1.54) is 22.3 Å². The fourth-order valence-corrected chi connectivity index (χ4v) is 6.49. The van der Waals surface area contributed by atoms with Crippen molar-refractivity contribution in [2.24, 2.45) is 21.8 Å². The van der Waals surface area contributed by atoms with Gasteiger partial charge in [0, 0.05) is 30.8 Å².